The van der Waals surface area contributed by atoms with Gasteiger partial charge in [0.15, 0.2) is 0 Å². The fraction of sp³-hybridized carbons (Fsp3) is 0.222. The summed E-state index contributed by atoms with van der Waals surface area (Å²) in [4.78, 5) is 0. The van der Waals surface area contributed by atoms with Crippen LogP contribution in [0.25, 0.3) is 22.1 Å². The van der Waals surface area contributed by atoms with Crippen LogP contribution < -0.4 is 5.73 Å². The van der Waals surface area contributed by atoms with Crippen molar-refractivity contribution < 1.29 is 4.42 Å². The van der Waals surface area contributed by atoms with E-state index in [-0.39, 0.29) is 6.04 Å². The van der Waals surface area contributed by atoms with Crippen molar-refractivity contribution in [1.29, 1.82) is 0 Å². The molecular formula is C18H19NO. The van der Waals surface area contributed by atoms with Crippen LogP contribution in [0, 0.1) is 0 Å². The van der Waals surface area contributed by atoms with Gasteiger partial charge in [0.05, 0.1) is 6.04 Å². The van der Waals surface area contributed by atoms with E-state index in [0.717, 1.165) is 35.1 Å². The molecule has 2 nitrogen and oxygen atoms in total. The van der Waals surface area contributed by atoms with Gasteiger partial charge in [0.1, 0.15) is 11.3 Å². The van der Waals surface area contributed by atoms with E-state index < -0.39 is 0 Å². The van der Waals surface area contributed by atoms with Gasteiger partial charge in [-0.2, -0.15) is 0 Å². The summed E-state index contributed by atoms with van der Waals surface area (Å²) in [6.07, 6.45) is 2.00. The standard InChI is InChI=1S/C18H19NO/c1-2-7-16(19)17-12-14-10-6-11-15(18(14)20-17)13-8-4-3-5-9-13/h3-6,8-12,16H,2,7,19H2,1H3. The molecular weight excluding hydrogens is 246 g/mol. The highest BCUT2D eigenvalue weighted by atomic mass is 16.3. The first kappa shape index (κ1) is 12.9. The first-order chi connectivity index (χ1) is 9.79. The Morgan fingerprint density at radius 2 is 1.85 bits per heavy atom. The molecule has 1 atom stereocenters. The fourth-order valence-corrected chi connectivity index (χ4v) is 2.56. The molecule has 3 rings (SSSR count). The Morgan fingerprint density at radius 1 is 1.05 bits per heavy atom. The van der Waals surface area contributed by atoms with Crippen LogP contribution in [0.15, 0.2) is 59.0 Å². The summed E-state index contributed by atoms with van der Waals surface area (Å²) >= 11 is 0. The Bertz CT molecular complexity index is 700. The second-order valence-corrected chi connectivity index (χ2v) is 5.13. The molecule has 2 aromatic carbocycles. The molecule has 1 unspecified atom stereocenters. The van der Waals surface area contributed by atoms with Gasteiger partial charge < -0.3 is 10.2 Å². The lowest BCUT2D eigenvalue weighted by molar-refractivity contribution is 0.475. The van der Waals surface area contributed by atoms with Crippen LogP contribution in [0.3, 0.4) is 0 Å². The number of furan rings is 1. The van der Waals surface area contributed by atoms with E-state index >= 15 is 0 Å². The number of hydrogen-bond donors (Lipinski definition) is 1. The highest BCUT2D eigenvalue weighted by Crippen LogP contribution is 2.32. The molecule has 1 heterocycles. The Morgan fingerprint density at radius 3 is 2.60 bits per heavy atom. The van der Waals surface area contributed by atoms with Crippen LogP contribution in [0.5, 0.6) is 0 Å². The largest absolute Gasteiger partial charge is 0.459 e. The Balaban J connectivity index is 2.10. The lowest BCUT2D eigenvalue weighted by atomic mass is 10.0. The Kier molecular flexibility index (Phi) is 3.57. The van der Waals surface area contributed by atoms with Gasteiger partial charge in [0.2, 0.25) is 0 Å². The smallest absolute Gasteiger partial charge is 0.142 e. The van der Waals surface area contributed by atoms with Crippen molar-refractivity contribution in [2.75, 3.05) is 0 Å². The molecule has 0 radical (unpaired) electrons. The van der Waals surface area contributed by atoms with Crippen LogP contribution in [-0.2, 0) is 0 Å². The molecule has 1 aromatic heterocycles. The summed E-state index contributed by atoms with van der Waals surface area (Å²) in [5.41, 5.74) is 9.39. The molecule has 20 heavy (non-hydrogen) atoms. The third-order valence-electron chi connectivity index (χ3n) is 3.61. The molecule has 0 fully saturated rings. The Labute approximate surface area is 119 Å². The lowest BCUT2D eigenvalue weighted by Gasteiger charge is -2.06. The average molecular weight is 265 g/mol. The summed E-state index contributed by atoms with van der Waals surface area (Å²) in [5, 5.41) is 1.12. The monoisotopic (exact) mass is 265 g/mol. The molecule has 0 saturated heterocycles. The fourth-order valence-electron chi connectivity index (χ4n) is 2.56. The normalized spacial score (nSPS) is 12.7. The average Bonchev–Trinajstić information content (AvgIpc) is 2.92. The number of hydrogen-bond acceptors (Lipinski definition) is 2. The molecule has 102 valence electrons. The first-order valence-electron chi connectivity index (χ1n) is 7.13. The maximum atomic E-state index is 6.16. The summed E-state index contributed by atoms with van der Waals surface area (Å²) < 4.78 is 6.04. The van der Waals surface area contributed by atoms with Gasteiger partial charge in [0.25, 0.3) is 0 Å². The van der Waals surface area contributed by atoms with Gasteiger partial charge in [0, 0.05) is 10.9 Å². The minimum atomic E-state index is -0.0176. The Hall–Kier alpha value is -2.06. The van der Waals surface area contributed by atoms with Gasteiger partial charge in [-0.1, -0.05) is 61.9 Å². The van der Waals surface area contributed by atoms with E-state index in [1.165, 1.54) is 5.56 Å². The number of benzene rings is 2. The molecule has 0 saturated carbocycles. The summed E-state index contributed by atoms with van der Waals surface area (Å²) in [7, 11) is 0. The zero-order valence-electron chi connectivity index (χ0n) is 11.7. The highest BCUT2D eigenvalue weighted by molar-refractivity contribution is 5.92. The molecule has 0 bridgehead atoms. The van der Waals surface area contributed by atoms with Gasteiger partial charge in [-0.15, -0.1) is 0 Å². The van der Waals surface area contributed by atoms with Crippen LogP contribution in [0.2, 0.25) is 0 Å². The van der Waals surface area contributed by atoms with Crippen molar-refractivity contribution in [2.24, 2.45) is 5.73 Å². The quantitative estimate of drug-likeness (QED) is 0.728. The predicted octanol–water partition coefficient (Wildman–Crippen LogP) is 4.90. The zero-order valence-corrected chi connectivity index (χ0v) is 11.7. The van der Waals surface area contributed by atoms with E-state index in [9.17, 15) is 0 Å². The molecule has 2 N–H and O–H groups in total. The topological polar surface area (TPSA) is 39.2 Å². The summed E-state index contributed by atoms with van der Waals surface area (Å²) in [5.74, 6) is 0.880. The van der Waals surface area contributed by atoms with Crippen LogP contribution >= 0.6 is 0 Å². The van der Waals surface area contributed by atoms with E-state index in [1.54, 1.807) is 0 Å². The summed E-state index contributed by atoms with van der Waals surface area (Å²) in [6.45, 7) is 2.14. The second-order valence-electron chi connectivity index (χ2n) is 5.13. The third-order valence-corrected chi connectivity index (χ3v) is 3.61. The van der Waals surface area contributed by atoms with Crippen LogP contribution in [-0.4, -0.2) is 0 Å². The highest BCUT2D eigenvalue weighted by Gasteiger charge is 2.13. The van der Waals surface area contributed by atoms with Crippen LogP contribution in [0.4, 0.5) is 0 Å². The van der Waals surface area contributed by atoms with Crippen molar-refractivity contribution in [3.63, 3.8) is 0 Å². The molecule has 0 aliphatic rings. The number of para-hydroxylation sites is 1. The molecule has 2 heteroatoms. The van der Waals surface area contributed by atoms with Gasteiger partial charge in [-0.05, 0) is 18.1 Å². The van der Waals surface area contributed by atoms with E-state index in [0.29, 0.717) is 0 Å². The van der Waals surface area contributed by atoms with Crippen molar-refractivity contribution in [1.82, 2.24) is 0 Å². The molecule has 0 amide bonds. The van der Waals surface area contributed by atoms with E-state index in [1.807, 2.05) is 18.2 Å². The van der Waals surface area contributed by atoms with E-state index in [2.05, 4.69) is 43.3 Å². The maximum absolute atomic E-state index is 6.16. The molecule has 0 aliphatic carbocycles. The lowest BCUT2D eigenvalue weighted by Crippen LogP contribution is -2.08. The SMILES string of the molecule is CCCC(N)c1cc2cccc(-c3ccccc3)c2o1. The van der Waals surface area contributed by atoms with Crippen molar-refractivity contribution in [2.45, 2.75) is 25.8 Å². The minimum absolute atomic E-state index is 0.0176. The van der Waals surface area contributed by atoms with Crippen LogP contribution in [0.1, 0.15) is 31.6 Å². The van der Waals surface area contributed by atoms with Crippen molar-refractivity contribution >= 4 is 11.0 Å². The number of rotatable bonds is 4. The predicted molar refractivity (Wildman–Crippen MR) is 83.5 cm³/mol. The zero-order chi connectivity index (χ0) is 13.9. The molecule has 0 aliphatic heterocycles. The first-order valence-corrected chi connectivity index (χ1v) is 7.13. The minimum Gasteiger partial charge on any atom is -0.459 e. The maximum Gasteiger partial charge on any atom is 0.142 e. The van der Waals surface area contributed by atoms with Crippen molar-refractivity contribution in [3.8, 4) is 11.1 Å². The second kappa shape index (κ2) is 5.51. The molecule has 3 aromatic rings. The van der Waals surface area contributed by atoms with Gasteiger partial charge in [-0.25, -0.2) is 0 Å². The summed E-state index contributed by atoms with van der Waals surface area (Å²) in [6, 6.07) is 18.6. The van der Waals surface area contributed by atoms with Gasteiger partial charge >= 0.3 is 0 Å². The third kappa shape index (κ3) is 2.35. The van der Waals surface area contributed by atoms with Crippen molar-refractivity contribution in [3.05, 3.63) is 60.4 Å². The molecule has 0 spiro atoms. The number of fused-ring (bicyclic) bond motifs is 1. The number of nitrogens with two attached hydrogens (primary N) is 1. The van der Waals surface area contributed by atoms with Gasteiger partial charge in [-0.3, -0.25) is 0 Å². The van der Waals surface area contributed by atoms with E-state index in [4.69, 9.17) is 10.2 Å².